The van der Waals surface area contributed by atoms with E-state index in [9.17, 15) is 9.59 Å². The lowest BCUT2D eigenvalue weighted by atomic mass is 9.99. The summed E-state index contributed by atoms with van der Waals surface area (Å²) >= 11 is 5.76. The van der Waals surface area contributed by atoms with Crippen LogP contribution in [0.2, 0.25) is 5.02 Å². The van der Waals surface area contributed by atoms with Gasteiger partial charge in [-0.15, -0.1) is 0 Å². The molecular weight excluding hydrogens is 302 g/mol. The second kappa shape index (κ2) is 8.54. The lowest BCUT2D eigenvalue weighted by Gasteiger charge is -2.11. The third-order valence-electron chi connectivity index (χ3n) is 3.55. The molecule has 1 saturated carbocycles. The van der Waals surface area contributed by atoms with Crippen LogP contribution in [0.1, 0.15) is 44.9 Å². The Kier molecular flexibility index (Phi) is 6.40. The van der Waals surface area contributed by atoms with Crippen molar-refractivity contribution in [1.29, 1.82) is 0 Å². The van der Waals surface area contributed by atoms with Crippen molar-refractivity contribution >= 4 is 34.8 Å². The van der Waals surface area contributed by atoms with Gasteiger partial charge in [0.05, 0.1) is 0 Å². The molecule has 118 valence electrons. The Labute approximate surface area is 135 Å². The van der Waals surface area contributed by atoms with Crippen LogP contribution in [0, 0.1) is 0 Å². The minimum atomic E-state index is -0.760. The van der Waals surface area contributed by atoms with Gasteiger partial charge in [0.25, 0.3) is 0 Å². The van der Waals surface area contributed by atoms with Gasteiger partial charge in [0, 0.05) is 16.4 Å². The molecule has 1 aliphatic carbocycles. The van der Waals surface area contributed by atoms with E-state index in [4.69, 9.17) is 11.6 Å². The van der Waals surface area contributed by atoms with E-state index in [0.29, 0.717) is 10.7 Å². The third kappa shape index (κ3) is 5.48. The summed E-state index contributed by atoms with van der Waals surface area (Å²) in [7, 11) is 0. The molecule has 0 aromatic heterocycles. The first-order valence-corrected chi connectivity index (χ1v) is 7.95. The standard InChI is InChI=1S/C16H20ClN3O2/c17-12-8-10-13(11-9-12)18-15(21)16(22)20-19-14-6-4-2-1-3-5-7-14/h8-11H,1-7H2,(H,18,21)(H,20,22). The van der Waals surface area contributed by atoms with Gasteiger partial charge in [-0.2, -0.15) is 5.10 Å². The van der Waals surface area contributed by atoms with E-state index in [1.54, 1.807) is 24.3 Å². The largest absolute Gasteiger partial charge is 0.329 e. The van der Waals surface area contributed by atoms with Crippen LogP contribution in [0.15, 0.2) is 29.4 Å². The maximum Gasteiger partial charge on any atom is 0.329 e. The van der Waals surface area contributed by atoms with Crippen molar-refractivity contribution in [2.24, 2.45) is 5.10 Å². The number of hydrogen-bond acceptors (Lipinski definition) is 3. The van der Waals surface area contributed by atoms with E-state index < -0.39 is 11.8 Å². The number of nitrogens with one attached hydrogen (secondary N) is 2. The number of benzene rings is 1. The van der Waals surface area contributed by atoms with E-state index in [1.165, 1.54) is 19.3 Å². The first-order valence-electron chi connectivity index (χ1n) is 7.57. The Morgan fingerprint density at radius 2 is 1.50 bits per heavy atom. The maximum absolute atomic E-state index is 11.8. The van der Waals surface area contributed by atoms with Crippen molar-refractivity contribution in [2.45, 2.75) is 44.9 Å². The second-order valence-corrected chi connectivity index (χ2v) is 5.78. The molecule has 1 aliphatic rings. The maximum atomic E-state index is 11.8. The number of amides is 2. The first-order chi connectivity index (χ1) is 10.6. The molecule has 2 rings (SSSR count). The zero-order chi connectivity index (χ0) is 15.8. The highest BCUT2D eigenvalue weighted by Crippen LogP contribution is 2.15. The second-order valence-electron chi connectivity index (χ2n) is 5.35. The van der Waals surface area contributed by atoms with Gasteiger partial charge in [0.2, 0.25) is 0 Å². The van der Waals surface area contributed by atoms with Crippen LogP contribution >= 0.6 is 11.6 Å². The predicted molar refractivity (Wildman–Crippen MR) is 88.0 cm³/mol. The Balaban J connectivity index is 1.85. The molecular formula is C16H20ClN3O2. The van der Waals surface area contributed by atoms with E-state index in [1.807, 2.05) is 0 Å². The Morgan fingerprint density at radius 1 is 0.909 bits per heavy atom. The molecule has 22 heavy (non-hydrogen) atoms. The Morgan fingerprint density at radius 3 is 2.14 bits per heavy atom. The summed E-state index contributed by atoms with van der Waals surface area (Å²) in [6.45, 7) is 0. The molecule has 0 saturated heterocycles. The SMILES string of the molecule is O=C(NN=C1CCCCCCC1)C(=O)Nc1ccc(Cl)cc1. The van der Waals surface area contributed by atoms with E-state index in [-0.39, 0.29) is 0 Å². The molecule has 1 fully saturated rings. The van der Waals surface area contributed by atoms with Gasteiger partial charge < -0.3 is 5.32 Å². The molecule has 1 aromatic carbocycles. The molecule has 0 aliphatic heterocycles. The van der Waals surface area contributed by atoms with Gasteiger partial charge >= 0.3 is 11.8 Å². The molecule has 2 amide bonds. The van der Waals surface area contributed by atoms with Gasteiger partial charge in [-0.3, -0.25) is 9.59 Å². The van der Waals surface area contributed by atoms with Crippen molar-refractivity contribution < 1.29 is 9.59 Å². The zero-order valence-corrected chi connectivity index (χ0v) is 13.2. The quantitative estimate of drug-likeness (QED) is 0.646. The highest BCUT2D eigenvalue weighted by molar-refractivity contribution is 6.39. The van der Waals surface area contributed by atoms with Crippen LogP contribution in [0.3, 0.4) is 0 Å². The van der Waals surface area contributed by atoms with Gasteiger partial charge in [-0.25, -0.2) is 5.43 Å². The number of nitrogens with zero attached hydrogens (tertiary/aromatic N) is 1. The molecule has 0 bridgehead atoms. The monoisotopic (exact) mass is 321 g/mol. The molecule has 0 unspecified atom stereocenters. The predicted octanol–water partition coefficient (Wildman–Crippen LogP) is 3.50. The fourth-order valence-electron chi connectivity index (χ4n) is 2.33. The van der Waals surface area contributed by atoms with Crippen molar-refractivity contribution in [2.75, 3.05) is 5.32 Å². The Hall–Kier alpha value is -1.88. The normalized spacial score (nSPS) is 15.4. The minimum Gasteiger partial charge on any atom is -0.318 e. The van der Waals surface area contributed by atoms with Crippen LogP contribution in [0.4, 0.5) is 5.69 Å². The highest BCUT2D eigenvalue weighted by Gasteiger charge is 2.13. The summed E-state index contributed by atoms with van der Waals surface area (Å²) in [5, 5.41) is 7.16. The van der Waals surface area contributed by atoms with Crippen LogP contribution in [-0.2, 0) is 9.59 Å². The molecule has 6 heteroatoms. The molecule has 5 nitrogen and oxygen atoms in total. The third-order valence-corrected chi connectivity index (χ3v) is 3.81. The topological polar surface area (TPSA) is 70.6 Å². The molecule has 1 aromatic rings. The van der Waals surface area contributed by atoms with Crippen molar-refractivity contribution in [3.05, 3.63) is 29.3 Å². The van der Waals surface area contributed by atoms with E-state index in [0.717, 1.165) is 31.4 Å². The number of hydrogen-bond donors (Lipinski definition) is 2. The summed E-state index contributed by atoms with van der Waals surface area (Å²) in [6, 6.07) is 6.55. The number of carbonyl (C=O) groups is 2. The van der Waals surface area contributed by atoms with Crippen LogP contribution in [-0.4, -0.2) is 17.5 Å². The van der Waals surface area contributed by atoms with Crippen LogP contribution in [0.25, 0.3) is 0 Å². The number of rotatable bonds is 2. The molecule has 0 radical (unpaired) electrons. The first kappa shape index (κ1) is 16.5. The lowest BCUT2D eigenvalue weighted by Crippen LogP contribution is -2.33. The molecule has 0 heterocycles. The van der Waals surface area contributed by atoms with Gasteiger partial charge in [-0.1, -0.05) is 30.9 Å². The summed E-state index contributed by atoms with van der Waals surface area (Å²) in [5.41, 5.74) is 3.82. The summed E-state index contributed by atoms with van der Waals surface area (Å²) in [4.78, 5) is 23.5. The van der Waals surface area contributed by atoms with Crippen LogP contribution in [0.5, 0.6) is 0 Å². The zero-order valence-electron chi connectivity index (χ0n) is 12.4. The van der Waals surface area contributed by atoms with Crippen LogP contribution < -0.4 is 10.7 Å². The summed E-state index contributed by atoms with van der Waals surface area (Å²) in [6.07, 6.45) is 7.62. The average Bonchev–Trinajstić information content (AvgIpc) is 2.48. The summed E-state index contributed by atoms with van der Waals surface area (Å²) < 4.78 is 0. The van der Waals surface area contributed by atoms with Gasteiger partial charge in [-0.05, 0) is 49.9 Å². The molecule has 0 spiro atoms. The number of halogens is 1. The average molecular weight is 322 g/mol. The fourth-order valence-corrected chi connectivity index (χ4v) is 2.45. The minimum absolute atomic E-state index is 0.517. The summed E-state index contributed by atoms with van der Waals surface area (Å²) in [5.74, 6) is -1.50. The number of hydrazone groups is 1. The smallest absolute Gasteiger partial charge is 0.318 e. The van der Waals surface area contributed by atoms with Gasteiger partial charge in [0.15, 0.2) is 0 Å². The van der Waals surface area contributed by atoms with E-state index >= 15 is 0 Å². The molecule has 2 N–H and O–H groups in total. The van der Waals surface area contributed by atoms with Gasteiger partial charge in [0.1, 0.15) is 0 Å². The van der Waals surface area contributed by atoms with Crippen molar-refractivity contribution in [3.63, 3.8) is 0 Å². The Bertz CT molecular complexity index is 545. The van der Waals surface area contributed by atoms with Crippen molar-refractivity contribution in [3.8, 4) is 0 Å². The number of carbonyl (C=O) groups excluding carboxylic acids is 2. The number of anilines is 1. The lowest BCUT2D eigenvalue weighted by molar-refractivity contribution is -0.136. The highest BCUT2D eigenvalue weighted by atomic mass is 35.5. The van der Waals surface area contributed by atoms with E-state index in [2.05, 4.69) is 15.8 Å². The van der Waals surface area contributed by atoms with Crippen molar-refractivity contribution in [1.82, 2.24) is 5.43 Å². The molecule has 0 atom stereocenters. The fraction of sp³-hybridized carbons (Fsp3) is 0.438.